The number of benzene rings is 2. The van der Waals surface area contributed by atoms with Crippen molar-refractivity contribution in [2.24, 2.45) is 0 Å². The zero-order valence-electron chi connectivity index (χ0n) is 10.3. The number of nitrogen functional groups attached to an aromatic ring is 1. The van der Waals surface area contributed by atoms with Crippen LogP contribution in [0.4, 0.5) is 10.1 Å². The lowest BCUT2D eigenvalue weighted by molar-refractivity contribution is 0.0963. The molecule has 2 aromatic rings. The molecule has 0 fully saturated rings. The SMILES string of the molecule is CNC(=O)c1cccc(Oc2ccc(N)c(F)c2)c1. The van der Waals surface area contributed by atoms with E-state index in [9.17, 15) is 9.18 Å². The van der Waals surface area contributed by atoms with Gasteiger partial charge in [-0.05, 0) is 30.3 Å². The van der Waals surface area contributed by atoms with Gasteiger partial charge < -0.3 is 15.8 Å². The molecule has 0 radical (unpaired) electrons. The molecule has 0 spiro atoms. The molecule has 0 atom stereocenters. The number of carbonyl (C=O) groups excluding carboxylic acids is 1. The number of nitrogens with two attached hydrogens (primary N) is 1. The molecule has 2 aromatic carbocycles. The Hall–Kier alpha value is -2.56. The molecule has 0 aromatic heterocycles. The highest BCUT2D eigenvalue weighted by Gasteiger charge is 2.06. The van der Waals surface area contributed by atoms with E-state index in [1.807, 2.05) is 0 Å². The molecule has 0 saturated heterocycles. The van der Waals surface area contributed by atoms with E-state index >= 15 is 0 Å². The van der Waals surface area contributed by atoms with Gasteiger partial charge >= 0.3 is 0 Å². The molecule has 0 heterocycles. The van der Waals surface area contributed by atoms with E-state index in [4.69, 9.17) is 10.5 Å². The number of amides is 1. The molecule has 0 aliphatic heterocycles. The minimum Gasteiger partial charge on any atom is -0.457 e. The Balaban J connectivity index is 2.23. The Morgan fingerprint density at radius 3 is 2.63 bits per heavy atom. The molecule has 0 bridgehead atoms. The molecular weight excluding hydrogens is 247 g/mol. The summed E-state index contributed by atoms with van der Waals surface area (Å²) in [4.78, 5) is 11.5. The zero-order valence-corrected chi connectivity index (χ0v) is 10.3. The molecule has 98 valence electrons. The molecule has 2 rings (SSSR count). The lowest BCUT2D eigenvalue weighted by atomic mass is 10.2. The summed E-state index contributed by atoms with van der Waals surface area (Å²) >= 11 is 0. The number of anilines is 1. The Kier molecular flexibility index (Phi) is 3.66. The third kappa shape index (κ3) is 3.01. The Morgan fingerprint density at radius 2 is 1.95 bits per heavy atom. The van der Waals surface area contributed by atoms with E-state index in [2.05, 4.69) is 5.32 Å². The van der Waals surface area contributed by atoms with Crippen molar-refractivity contribution in [3.63, 3.8) is 0 Å². The minimum absolute atomic E-state index is 0.0615. The van der Waals surface area contributed by atoms with Gasteiger partial charge in [-0.2, -0.15) is 0 Å². The highest BCUT2D eigenvalue weighted by molar-refractivity contribution is 5.94. The zero-order chi connectivity index (χ0) is 13.8. The molecule has 0 aliphatic rings. The first-order chi connectivity index (χ1) is 9.10. The van der Waals surface area contributed by atoms with Gasteiger partial charge in [0.05, 0.1) is 5.69 Å². The number of carbonyl (C=O) groups is 1. The summed E-state index contributed by atoms with van der Waals surface area (Å²) in [6, 6.07) is 10.8. The van der Waals surface area contributed by atoms with Crippen molar-refractivity contribution >= 4 is 11.6 Å². The number of ether oxygens (including phenoxy) is 1. The van der Waals surface area contributed by atoms with Crippen molar-refractivity contribution in [3.8, 4) is 11.5 Å². The number of nitrogens with one attached hydrogen (secondary N) is 1. The van der Waals surface area contributed by atoms with E-state index in [1.54, 1.807) is 37.4 Å². The van der Waals surface area contributed by atoms with Crippen molar-refractivity contribution in [3.05, 3.63) is 53.8 Å². The largest absolute Gasteiger partial charge is 0.457 e. The van der Waals surface area contributed by atoms with Crippen LogP contribution >= 0.6 is 0 Å². The molecule has 3 N–H and O–H groups in total. The van der Waals surface area contributed by atoms with Crippen LogP contribution in [0.3, 0.4) is 0 Å². The molecule has 19 heavy (non-hydrogen) atoms. The van der Waals surface area contributed by atoms with E-state index in [-0.39, 0.29) is 11.6 Å². The van der Waals surface area contributed by atoms with Gasteiger partial charge in [-0.25, -0.2) is 4.39 Å². The first-order valence-electron chi connectivity index (χ1n) is 5.65. The summed E-state index contributed by atoms with van der Waals surface area (Å²) in [5.74, 6) is 0.0138. The normalized spacial score (nSPS) is 10.0. The summed E-state index contributed by atoms with van der Waals surface area (Å²) in [5, 5.41) is 2.52. The van der Waals surface area contributed by atoms with Crippen LogP contribution in [0, 0.1) is 5.82 Å². The van der Waals surface area contributed by atoms with Gasteiger partial charge in [0, 0.05) is 18.7 Å². The average Bonchev–Trinajstić information content (AvgIpc) is 2.42. The topological polar surface area (TPSA) is 64.3 Å². The summed E-state index contributed by atoms with van der Waals surface area (Å²) in [6.45, 7) is 0. The second kappa shape index (κ2) is 5.39. The number of hydrogen-bond donors (Lipinski definition) is 2. The van der Waals surface area contributed by atoms with E-state index in [1.165, 1.54) is 12.1 Å². The fourth-order valence-electron chi connectivity index (χ4n) is 1.55. The van der Waals surface area contributed by atoms with Crippen LogP contribution in [0.5, 0.6) is 11.5 Å². The molecule has 4 nitrogen and oxygen atoms in total. The van der Waals surface area contributed by atoms with Crippen molar-refractivity contribution in [2.75, 3.05) is 12.8 Å². The van der Waals surface area contributed by atoms with Crippen molar-refractivity contribution < 1.29 is 13.9 Å². The quantitative estimate of drug-likeness (QED) is 0.833. The molecule has 0 aliphatic carbocycles. The monoisotopic (exact) mass is 260 g/mol. The van der Waals surface area contributed by atoms with Gasteiger partial charge in [-0.1, -0.05) is 6.07 Å². The van der Waals surface area contributed by atoms with Crippen molar-refractivity contribution in [1.82, 2.24) is 5.32 Å². The first kappa shape index (κ1) is 12.9. The third-order valence-electron chi connectivity index (χ3n) is 2.53. The van der Waals surface area contributed by atoms with Gasteiger partial charge in [-0.3, -0.25) is 4.79 Å². The lowest BCUT2D eigenvalue weighted by Crippen LogP contribution is -2.17. The predicted molar refractivity (Wildman–Crippen MR) is 70.7 cm³/mol. The maximum absolute atomic E-state index is 13.3. The van der Waals surface area contributed by atoms with Crippen LogP contribution in [0.2, 0.25) is 0 Å². The average molecular weight is 260 g/mol. The second-order valence-electron chi connectivity index (χ2n) is 3.89. The van der Waals surface area contributed by atoms with E-state index in [0.29, 0.717) is 17.1 Å². The van der Waals surface area contributed by atoms with Gasteiger partial charge in [-0.15, -0.1) is 0 Å². The second-order valence-corrected chi connectivity index (χ2v) is 3.89. The first-order valence-corrected chi connectivity index (χ1v) is 5.65. The third-order valence-corrected chi connectivity index (χ3v) is 2.53. The van der Waals surface area contributed by atoms with Crippen LogP contribution in [0.15, 0.2) is 42.5 Å². The van der Waals surface area contributed by atoms with Crippen LogP contribution in [-0.4, -0.2) is 13.0 Å². The maximum atomic E-state index is 13.3. The van der Waals surface area contributed by atoms with E-state index < -0.39 is 5.82 Å². The number of hydrogen-bond acceptors (Lipinski definition) is 3. The lowest BCUT2D eigenvalue weighted by Gasteiger charge is -2.08. The smallest absolute Gasteiger partial charge is 0.251 e. The van der Waals surface area contributed by atoms with Gasteiger partial charge in [0.1, 0.15) is 17.3 Å². The van der Waals surface area contributed by atoms with Crippen molar-refractivity contribution in [1.29, 1.82) is 0 Å². The van der Waals surface area contributed by atoms with Crippen molar-refractivity contribution in [2.45, 2.75) is 0 Å². The minimum atomic E-state index is -0.542. The number of halogens is 1. The maximum Gasteiger partial charge on any atom is 0.251 e. The standard InChI is InChI=1S/C14H13FN2O2/c1-17-14(18)9-3-2-4-10(7-9)19-11-5-6-13(16)12(15)8-11/h2-8H,16H2,1H3,(H,17,18). The highest BCUT2D eigenvalue weighted by atomic mass is 19.1. The molecular formula is C14H13FN2O2. The molecule has 1 amide bonds. The molecule has 0 saturated carbocycles. The Labute approximate surface area is 110 Å². The summed E-state index contributed by atoms with van der Waals surface area (Å²) in [7, 11) is 1.55. The molecule has 0 unspecified atom stereocenters. The predicted octanol–water partition coefficient (Wildman–Crippen LogP) is 2.56. The van der Waals surface area contributed by atoms with Crippen LogP contribution in [-0.2, 0) is 0 Å². The molecule has 5 heteroatoms. The summed E-state index contributed by atoms with van der Waals surface area (Å²) in [5.41, 5.74) is 5.91. The van der Waals surface area contributed by atoms with E-state index in [0.717, 1.165) is 0 Å². The summed E-state index contributed by atoms with van der Waals surface area (Å²) in [6.07, 6.45) is 0. The van der Waals surface area contributed by atoms with Gasteiger partial charge in [0.25, 0.3) is 5.91 Å². The fourth-order valence-corrected chi connectivity index (χ4v) is 1.55. The van der Waals surface area contributed by atoms with Crippen LogP contribution < -0.4 is 15.8 Å². The van der Waals surface area contributed by atoms with Gasteiger partial charge in [0.2, 0.25) is 0 Å². The van der Waals surface area contributed by atoms with Gasteiger partial charge in [0.15, 0.2) is 0 Å². The fraction of sp³-hybridized carbons (Fsp3) is 0.0714. The van der Waals surface area contributed by atoms with Crippen LogP contribution in [0.1, 0.15) is 10.4 Å². The van der Waals surface area contributed by atoms with Crippen LogP contribution in [0.25, 0.3) is 0 Å². The summed E-state index contributed by atoms with van der Waals surface area (Å²) < 4.78 is 18.7. The Bertz CT molecular complexity index is 614. The Morgan fingerprint density at radius 1 is 1.21 bits per heavy atom. The highest BCUT2D eigenvalue weighted by Crippen LogP contribution is 2.24. The number of rotatable bonds is 3.